The summed E-state index contributed by atoms with van der Waals surface area (Å²) in [4.78, 5) is 3.25. The van der Waals surface area contributed by atoms with Gasteiger partial charge in [0.2, 0.25) is 0 Å². The van der Waals surface area contributed by atoms with E-state index in [0.29, 0.717) is 37.4 Å². The molecular weight excluding hydrogens is 274 g/mol. The summed E-state index contributed by atoms with van der Waals surface area (Å²) in [5.41, 5.74) is 6.51. The molecule has 2 rings (SSSR count). The van der Waals surface area contributed by atoms with Crippen LogP contribution in [0.5, 0.6) is 0 Å². The van der Waals surface area contributed by atoms with Gasteiger partial charge in [-0.05, 0) is 12.1 Å². The van der Waals surface area contributed by atoms with E-state index in [1.165, 1.54) is 11.0 Å². The van der Waals surface area contributed by atoms with Crippen molar-refractivity contribution in [3.63, 3.8) is 0 Å². The fraction of sp³-hybridized carbons (Fsp3) is 0.538. The molecule has 112 valence electrons. The first-order chi connectivity index (χ1) is 9.39. The molecule has 1 aromatic carbocycles. The van der Waals surface area contributed by atoms with E-state index in [9.17, 15) is 17.6 Å². The van der Waals surface area contributed by atoms with E-state index in [-0.39, 0.29) is 12.4 Å². The molecule has 1 aliphatic rings. The maximum absolute atomic E-state index is 13.6. The Hall–Kier alpha value is -1.34. The van der Waals surface area contributed by atoms with E-state index in [0.717, 1.165) is 0 Å². The van der Waals surface area contributed by atoms with Crippen LogP contribution in [0.1, 0.15) is 5.56 Å². The summed E-state index contributed by atoms with van der Waals surface area (Å²) in [6.07, 6.45) is -4.17. The van der Waals surface area contributed by atoms with E-state index < -0.39 is 12.7 Å². The SMILES string of the molecule is NCc1ccc(N2CCN(CC(F)(F)F)CC2)cc1F. The van der Waals surface area contributed by atoms with Gasteiger partial charge < -0.3 is 10.6 Å². The average molecular weight is 291 g/mol. The molecular formula is C13H17F4N3. The van der Waals surface area contributed by atoms with Crippen LogP contribution in [0.2, 0.25) is 0 Å². The maximum atomic E-state index is 13.6. The van der Waals surface area contributed by atoms with Gasteiger partial charge in [-0.1, -0.05) is 6.07 Å². The van der Waals surface area contributed by atoms with Crippen LogP contribution < -0.4 is 10.6 Å². The van der Waals surface area contributed by atoms with Gasteiger partial charge in [0.25, 0.3) is 0 Å². The first kappa shape index (κ1) is 15.1. The second-order valence-corrected chi connectivity index (χ2v) is 4.86. The Morgan fingerprint density at radius 2 is 1.75 bits per heavy atom. The van der Waals surface area contributed by atoms with Gasteiger partial charge in [0.05, 0.1) is 6.54 Å². The Balaban J connectivity index is 1.95. The van der Waals surface area contributed by atoms with Crippen LogP contribution in [0.4, 0.5) is 23.2 Å². The molecule has 0 atom stereocenters. The second kappa shape index (κ2) is 5.97. The fourth-order valence-corrected chi connectivity index (χ4v) is 2.32. The van der Waals surface area contributed by atoms with Crippen molar-refractivity contribution >= 4 is 5.69 Å². The molecule has 1 saturated heterocycles. The third-order valence-electron chi connectivity index (χ3n) is 3.40. The maximum Gasteiger partial charge on any atom is 0.401 e. The molecule has 0 spiro atoms. The van der Waals surface area contributed by atoms with Gasteiger partial charge >= 0.3 is 6.18 Å². The van der Waals surface area contributed by atoms with Gasteiger partial charge in [0.1, 0.15) is 5.82 Å². The molecule has 1 aliphatic heterocycles. The highest BCUT2D eigenvalue weighted by Crippen LogP contribution is 2.22. The molecule has 1 heterocycles. The Morgan fingerprint density at radius 3 is 2.25 bits per heavy atom. The molecule has 7 heteroatoms. The summed E-state index contributed by atoms with van der Waals surface area (Å²) in [5.74, 6) is -0.372. The van der Waals surface area contributed by atoms with Crippen LogP contribution in [-0.2, 0) is 6.54 Å². The first-order valence-electron chi connectivity index (χ1n) is 6.41. The van der Waals surface area contributed by atoms with Crippen molar-refractivity contribution in [2.24, 2.45) is 5.73 Å². The molecule has 1 aromatic rings. The summed E-state index contributed by atoms with van der Waals surface area (Å²) >= 11 is 0. The van der Waals surface area contributed by atoms with Crippen LogP contribution in [0, 0.1) is 5.82 Å². The Labute approximate surface area is 115 Å². The molecule has 20 heavy (non-hydrogen) atoms. The monoisotopic (exact) mass is 291 g/mol. The molecule has 0 aliphatic carbocycles. The highest BCUT2D eigenvalue weighted by molar-refractivity contribution is 5.48. The lowest BCUT2D eigenvalue weighted by Crippen LogP contribution is -2.49. The van der Waals surface area contributed by atoms with Crippen LogP contribution in [-0.4, -0.2) is 43.8 Å². The lowest BCUT2D eigenvalue weighted by molar-refractivity contribution is -0.146. The minimum Gasteiger partial charge on any atom is -0.369 e. The fourth-order valence-electron chi connectivity index (χ4n) is 2.32. The van der Waals surface area contributed by atoms with Gasteiger partial charge in [0, 0.05) is 44.0 Å². The molecule has 3 nitrogen and oxygen atoms in total. The summed E-state index contributed by atoms with van der Waals surface area (Å²) in [7, 11) is 0. The molecule has 0 unspecified atom stereocenters. The lowest BCUT2D eigenvalue weighted by Gasteiger charge is -2.36. The van der Waals surface area contributed by atoms with Crippen molar-refractivity contribution in [3.05, 3.63) is 29.6 Å². The molecule has 0 radical (unpaired) electrons. The number of nitrogens with zero attached hydrogens (tertiary/aromatic N) is 2. The van der Waals surface area contributed by atoms with Crippen molar-refractivity contribution in [2.45, 2.75) is 12.7 Å². The largest absolute Gasteiger partial charge is 0.401 e. The van der Waals surface area contributed by atoms with Crippen molar-refractivity contribution in [3.8, 4) is 0 Å². The number of piperazine rings is 1. The molecule has 2 N–H and O–H groups in total. The van der Waals surface area contributed by atoms with E-state index >= 15 is 0 Å². The number of benzene rings is 1. The number of nitrogens with two attached hydrogens (primary N) is 1. The zero-order chi connectivity index (χ0) is 14.8. The zero-order valence-electron chi connectivity index (χ0n) is 11.0. The summed E-state index contributed by atoms with van der Waals surface area (Å²) in [5, 5.41) is 0. The highest BCUT2D eigenvalue weighted by atomic mass is 19.4. The van der Waals surface area contributed by atoms with Gasteiger partial charge in [-0.15, -0.1) is 0 Å². The predicted octanol–water partition coefficient (Wildman–Crippen LogP) is 1.97. The molecule has 0 amide bonds. The zero-order valence-corrected chi connectivity index (χ0v) is 11.0. The number of alkyl halides is 3. The van der Waals surface area contributed by atoms with E-state index in [4.69, 9.17) is 5.73 Å². The minimum absolute atomic E-state index is 0.130. The van der Waals surface area contributed by atoms with Crippen molar-refractivity contribution in [1.82, 2.24) is 4.90 Å². The van der Waals surface area contributed by atoms with Crippen molar-refractivity contribution < 1.29 is 17.6 Å². The van der Waals surface area contributed by atoms with Gasteiger partial charge in [-0.3, -0.25) is 4.90 Å². The third kappa shape index (κ3) is 3.83. The van der Waals surface area contributed by atoms with Crippen LogP contribution in [0.3, 0.4) is 0 Å². The third-order valence-corrected chi connectivity index (χ3v) is 3.40. The Kier molecular flexibility index (Phi) is 4.49. The molecule has 0 aromatic heterocycles. The summed E-state index contributed by atoms with van der Waals surface area (Å²) < 4.78 is 50.5. The molecule has 1 fully saturated rings. The summed E-state index contributed by atoms with van der Waals surface area (Å²) in [6, 6.07) is 4.76. The quantitative estimate of drug-likeness (QED) is 0.864. The van der Waals surface area contributed by atoms with Gasteiger partial charge in [-0.2, -0.15) is 13.2 Å². The predicted molar refractivity (Wildman–Crippen MR) is 69.0 cm³/mol. The van der Waals surface area contributed by atoms with E-state index in [2.05, 4.69) is 0 Å². The lowest BCUT2D eigenvalue weighted by atomic mass is 10.1. The molecule has 0 saturated carbocycles. The smallest absolute Gasteiger partial charge is 0.369 e. The van der Waals surface area contributed by atoms with Crippen LogP contribution >= 0.6 is 0 Å². The standard InChI is InChI=1S/C13H17F4N3/c14-12-7-11(2-1-10(12)8-18)20-5-3-19(4-6-20)9-13(15,16)17/h1-2,7H,3-6,8-9,18H2. The number of hydrogen-bond donors (Lipinski definition) is 1. The van der Waals surface area contributed by atoms with Gasteiger partial charge in [-0.25, -0.2) is 4.39 Å². The number of rotatable bonds is 3. The van der Waals surface area contributed by atoms with Crippen LogP contribution in [0.25, 0.3) is 0 Å². The Morgan fingerprint density at radius 1 is 1.10 bits per heavy atom. The van der Waals surface area contributed by atoms with Gasteiger partial charge in [0.15, 0.2) is 0 Å². The van der Waals surface area contributed by atoms with Crippen LogP contribution in [0.15, 0.2) is 18.2 Å². The highest BCUT2D eigenvalue weighted by Gasteiger charge is 2.32. The van der Waals surface area contributed by atoms with Crippen molar-refractivity contribution in [2.75, 3.05) is 37.6 Å². The second-order valence-electron chi connectivity index (χ2n) is 4.86. The summed E-state index contributed by atoms with van der Waals surface area (Å²) in [6.45, 7) is 0.793. The van der Waals surface area contributed by atoms with Crippen molar-refractivity contribution in [1.29, 1.82) is 0 Å². The topological polar surface area (TPSA) is 32.5 Å². The number of hydrogen-bond acceptors (Lipinski definition) is 3. The van der Waals surface area contributed by atoms with E-state index in [1.807, 2.05) is 4.90 Å². The number of anilines is 1. The first-order valence-corrected chi connectivity index (χ1v) is 6.41. The Bertz CT molecular complexity index is 453. The molecule has 0 bridgehead atoms. The minimum atomic E-state index is -4.17. The number of halogens is 4. The normalized spacial score (nSPS) is 17.6. The average Bonchev–Trinajstić information content (AvgIpc) is 2.37. The van der Waals surface area contributed by atoms with E-state index in [1.54, 1.807) is 12.1 Å².